The monoisotopic (exact) mass is 267 g/mol. The number of nitrogens with one attached hydrogen (secondary N) is 2. The van der Waals surface area contributed by atoms with Crippen molar-refractivity contribution >= 4 is 11.0 Å². The van der Waals surface area contributed by atoms with Gasteiger partial charge in [0.1, 0.15) is 5.82 Å². The SMILES string of the molecule is CCNCc1nc(C)cc(-c2ccc3nc[nH]c3c2)n1. The Hall–Kier alpha value is -2.27. The van der Waals surface area contributed by atoms with Crippen LogP contribution in [-0.2, 0) is 6.54 Å². The topological polar surface area (TPSA) is 66.5 Å². The third-order valence-electron chi connectivity index (χ3n) is 3.15. The van der Waals surface area contributed by atoms with E-state index in [9.17, 15) is 0 Å². The van der Waals surface area contributed by atoms with Crippen molar-refractivity contribution in [1.29, 1.82) is 0 Å². The Balaban J connectivity index is 2.01. The highest BCUT2D eigenvalue weighted by molar-refractivity contribution is 5.80. The van der Waals surface area contributed by atoms with Crippen LogP contribution in [0.2, 0.25) is 0 Å². The Morgan fingerprint density at radius 1 is 1.20 bits per heavy atom. The fraction of sp³-hybridized carbons (Fsp3) is 0.267. The summed E-state index contributed by atoms with van der Waals surface area (Å²) in [6.07, 6.45) is 1.70. The summed E-state index contributed by atoms with van der Waals surface area (Å²) in [6.45, 7) is 5.67. The van der Waals surface area contributed by atoms with Crippen LogP contribution in [0.15, 0.2) is 30.6 Å². The molecular formula is C15H17N5. The molecule has 0 atom stereocenters. The van der Waals surface area contributed by atoms with Crippen LogP contribution < -0.4 is 5.32 Å². The zero-order valence-electron chi connectivity index (χ0n) is 11.6. The van der Waals surface area contributed by atoms with Crippen LogP contribution in [-0.4, -0.2) is 26.5 Å². The number of hydrogen-bond acceptors (Lipinski definition) is 4. The van der Waals surface area contributed by atoms with Gasteiger partial charge in [-0.15, -0.1) is 0 Å². The summed E-state index contributed by atoms with van der Waals surface area (Å²) in [7, 11) is 0. The van der Waals surface area contributed by atoms with Gasteiger partial charge in [0.15, 0.2) is 0 Å². The highest BCUT2D eigenvalue weighted by Gasteiger charge is 2.06. The van der Waals surface area contributed by atoms with Crippen molar-refractivity contribution in [2.24, 2.45) is 0 Å². The first kappa shape index (κ1) is 12.7. The number of aromatic nitrogens is 4. The van der Waals surface area contributed by atoms with Crippen LogP contribution in [0.5, 0.6) is 0 Å². The molecule has 20 heavy (non-hydrogen) atoms. The van der Waals surface area contributed by atoms with Crippen molar-refractivity contribution in [3.05, 3.63) is 42.1 Å². The molecular weight excluding hydrogens is 250 g/mol. The second kappa shape index (κ2) is 5.38. The number of nitrogens with zero attached hydrogens (tertiary/aromatic N) is 3. The molecule has 3 rings (SSSR count). The van der Waals surface area contributed by atoms with Crippen molar-refractivity contribution < 1.29 is 0 Å². The molecule has 5 nitrogen and oxygen atoms in total. The maximum absolute atomic E-state index is 4.62. The number of imidazole rings is 1. The van der Waals surface area contributed by atoms with Gasteiger partial charge in [-0.3, -0.25) is 0 Å². The van der Waals surface area contributed by atoms with E-state index < -0.39 is 0 Å². The average molecular weight is 267 g/mol. The minimum absolute atomic E-state index is 0.692. The van der Waals surface area contributed by atoms with E-state index in [0.29, 0.717) is 6.54 Å². The van der Waals surface area contributed by atoms with Gasteiger partial charge in [0.2, 0.25) is 0 Å². The lowest BCUT2D eigenvalue weighted by Gasteiger charge is -2.06. The molecule has 0 aliphatic carbocycles. The van der Waals surface area contributed by atoms with E-state index in [1.807, 2.05) is 25.1 Å². The first-order valence-corrected chi connectivity index (χ1v) is 6.75. The highest BCUT2D eigenvalue weighted by Crippen LogP contribution is 2.21. The Morgan fingerprint density at radius 2 is 2.10 bits per heavy atom. The summed E-state index contributed by atoms with van der Waals surface area (Å²) in [5.74, 6) is 0.826. The molecule has 0 aliphatic rings. The Morgan fingerprint density at radius 3 is 2.95 bits per heavy atom. The number of fused-ring (bicyclic) bond motifs is 1. The molecule has 2 heterocycles. The maximum atomic E-state index is 4.62. The summed E-state index contributed by atoms with van der Waals surface area (Å²) < 4.78 is 0. The van der Waals surface area contributed by atoms with Gasteiger partial charge in [-0.1, -0.05) is 13.0 Å². The molecule has 0 saturated carbocycles. The summed E-state index contributed by atoms with van der Waals surface area (Å²) in [5.41, 5.74) is 4.99. The number of hydrogen-bond donors (Lipinski definition) is 2. The maximum Gasteiger partial charge on any atom is 0.143 e. The van der Waals surface area contributed by atoms with Crippen molar-refractivity contribution in [1.82, 2.24) is 25.3 Å². The molecule has 2 aromatic heterocycles. The van der Waals surface area contributed by atoms with Gasteiger partial charge < -0.3 is 10.3 Å². The second-order valence-electron chi connectivity index (χ2n) is 4.73. The molecule has 1 aromatic carbocycles. The molecule has 2 N–H and O–H groups in total. The first-order valence-electron chi connectivity index (χ1n) is 6.75. The van der Waals surface area contributed by atoms with Gasteiger partial charge in [0.05, 0.1) is 29.6 Å². The largest absolute Gasteiger partial charge is 0.345 e. The fourth-order valence-corrected chi connectivity index (χ4v) is 2.19. The third kappa shape index (κ3) is 2.53. The Bertz CT molecular complexity index is 732. The van der Waals surface area contributed by atoms with Crippen LogP contribution in [0.3, 0.4) is 0 Å². The van der Waals surface area contributed by atoms with E-state index in [4.69, 9.17) is 0 Å². The van der Waals surface area contributed by atoms with Crippen LogP contribution >= 0.6 is 0 Å². The Kier molecular flexibility index (Phi) is 3.43. The molecule has 0 fully saturated rings. The normalized spacial score (nSPS) is 11.1. The van der Waals surface area contributed by atoms with E-state index in [-0.39, 0.29) is 0 Å². The zero-order valence-corrected chi connectivity index (χ0v) is 11.6. The molecule has 0 aliphatic heterocycles. The standard InChI is InChI=1S/C15H17N5/c1-3-16-8-15-19-10(2)6-13(20-15)11-4-5-12-14(7-11)18-9-17-12/h4-7,9,16H,3,8H2,1-2H3,(H,17,18). The van der Waals surface area contributed by atoms with E-state index in [2.05, 4.69) is 38.2 Å². The third-order valence-corrected chi connectivity index (χ3v) is 3.15. The lowest BCUT2D eigenvalue weighted by atomic mass is 10.1. The number of aromatic amines is 1. The van der Waals surface area contributed by atoms with Gasteiger partial charge in [-0.05, 0) is 31.7 Å². The molecule has 0 bridgehead atoms. The predicted molar refractivity (Wildman–Crippen MR) is 79.2 cm³/mol. The summed E-state index contributed by atoms with van der Waals surface area (Å²) in [4.78, 5) is 16.4. The van der Waals surface area contributed by atoms with Crippen molar-refractivity contribution in [3.63, 3.8) is 0 Å². The average Bonchev–Trinajstić information content (AvgIpc) is 2.92. The van der Waals surface area contributed by atoms with Gasteiger partial charge in [-0.25, -0.2) is 15.0 Å². The molecule has 0 amide bonds. The van der Waals surface area contributed by atoms with Gasteiger partial charge in [0.25, 0.3) is 0 Å². The molecule has 0 radical (unpaired) electrons. The van der Waals surface area contributed by atoms with Crippen molar-refractivity contribution in [2.75, 3.05) is 6.54 Å². The smallest absolute Gasteiger partial charge is 0.143 e. The molecule has 102 valence electrons. The summed E-state index contributed by atoms with van der Waals surface area (Å²) in [6, 6.07) is 8.12. The van der Waals surface area contributed by atoms with Crippen LogP contribution in [0.1, 0.15) is 18.4 Å². The molecule has 0 unspecified atom stereocenters. The fourth-order valence-electron chi connectivity index (χ4n) is 2.19. The second-order valence-corrected chi connectivity index (χ2v) is 4.73. The van der Waals surface area contributed by atoms with Gasteiger partial charge >= 0.3 is 0 Å². The van der Waals surface area contributed by atoms with E-state index in [1.54, 1.807) is 6.33 Å². The lowest BCUT2D eigenvalue weighted by Crippen LogP contribution is -2.15. The molecule has 0 saturated heterocycles. The summed E-state index contributed by atoms with van der Waals surface area (Å²) in [5, 5.41) is 3.25. The molecule has 3 aromatic rings. The van der Waals surface area contributed by atoms with Crippen molar-refractivity contribution in [2.45, 2.75) is 20.4 Å². The van der Waals surface area contributed by atoms with E-state index in [0.717, 1.165) is 40.4 Å². The number of benzene rings is 1. The minimum atomic E-state index is 0.692. The van der Waals surface area contributed by atoms with Crippen LogP contribution in [0.25, 0.3) is 22.3 Å². The van der Waals surface area contributed by atoms with Gasteiger partial charge in [0, 0.05) is 11.3 Å². The Labute approximate surface area is 117 Å². The molecule has 0 spiro atoms. The number of rotatable bonds is 4. The van der Waals surface area contributed by atoms with E-state index >= 15 is 0 Å². The number of aryl methyl sites for hydroxylation is 1. The zero-order chi connectivity index (χ0) is 13.9. The van der Waals surface area contributed by atoms with Crippen molar-refractivity contribution in [3.8, 4) is 11.3 Å². The lowest BCUT2D eigenvalue weighted by molar-refractivity contribution is 0.688. The van der Waals surface area contributed by atoms with Gasteiger partial charge in [-0.2, -0.15) is 0 Å². The molecule has 5 heteroatoms. The number of H-pyrrole nitrogens is 1. The van der Waals surface area contributed by atoms with E-state index in [1.165, 1.54) is 0 Å². The minimum Gasteiger partial charge on any atom is -0.345 e. The highest BCUT2D eigenvalue weighted by atomic mass is 15.0. The first-order chi connectivity index (χ1) is 9.76. The van der Waals surface area contributed by atoms with Crippen LogP contribution in [0, 0.1) is 6.92 Å². The predicted octanol–water partition coefficient (Wildman–Crippen LogP) is 2.44. The van der Waals surface area contributed by atoms with Crippen LogP contribution in [0.4, 0.5) is 0 Å². The summed E-state index contributed by atoms with van der Waals surface area (Å²) >= 11 is 0. The quantitative estimate of drug-likeness (QED) is 0.762.